The first kappa shape index (κ1) is 20.7. The lowest BCUT2D eigenvalue weighted by molar-refractivity contribution is 0.459. The fourth-order valence-corrected chi connectivity index (χ4v) is 3.20. The van der Waals surface area contributed by atoms with Gasteiger partial charge in [0.2, 0.25) is 5.88 Å². The number of halogens is 2. The van der Waals surface area contributed by atoms with E-state index in [-0.39, 0.29) is 5.82 Å². The van der Waals surface area contributed by atoms with Crippen molar-refractivity contribution in [3.63, 3.8) is 0 Å². The average Bonchev–Trinajstić information content (AvgIpc) is 2.79. The third kappa shape index (κ3) is 5.55. The molecule has 0 atom stereocenters. The molecule has 0 amide bonds. The molecule has 0 fully saturated rings. The molecule has 0 saturated carbocycles. The lowest BCUT2D eigenvalue weighted by atomic mass is 10.1. The van der Waals surface area contributed by atoms with Crippen LogP contribution >= 0.6 is 11.8 Å². The van der Waals surface area contributed by atoms with Crippen LogP contribution in [0, 0.1) is 11.6 Å². The number of rotatable bonds is 7. The highest BCUT2D eigenvalue weighted by Gasteiger charge is 2.10. The summed E-state index contributed by atoms with van der Waals surface area (Å²) >= 11 is 1.46. The second kappa shape index (κ2) is 9.53. The molecule has 4 rings (SSSR count). The van der Waals surface area contributed by atoms with Crippen LogP contribution in [0.1, 0.15) is 11.3 Å². The lowest BCUT2D eigenvalue weighted by Gasteiger charge is -2.13. The summed E-state index contributed by atoms with van der Waals surface area (Å²) in [5.41, 5.74) is 3.34. The van der Waals surface area contributed by atoms with Gasteiger partial charge in [-0.3, -0.25) is 0 Å². The van der Waals surface area contributed by atoms with E-state index >= 15 is 0 Å². The van der Waals surface area contributed by atoms with Gasteiger partial charge < -0.3 is 10.1 Å². The van der Waals surface area contributed by atoms with Gasteiger partial charge >= 0.3 is 0 Å². The zero-order chi connectivity index (χ0) is 21.6. The number of ether oxygens (including phenoxy) is 1. The van der Waals surface area contributed by atoms with E-state index in [1.54, 1.807) is 30.5 Å². The van der Waals surface area contributed by atoms with Crippen molar-refractivity contribution < 1.29 is 13.5 Å². The summed E-state index contributed by atoms with van der Waals surface area (Å²) in [6, 6.07) is 16.4. The molecule has 0 unspecified atom stereocenters. The summed E-state index contributed by atoms with van der Waals surface area (Å²) in [4.78, 5) is 12.9. The van der Waals surface area contributed by atoms with E-state index in [4.69, 9.17) is 4.74 Å². The van der Waals surface area contributed by atoms with Crippen molar-refractivity contribution in [2.45, 2.75) is 11.6 Å². The highest BCUT2D eigenvalue weighted by Crippen LogP contribution is 2.26. The van der Waals surface area contributed by atoms with Gasteiger partial charge in [-0.15, -0.1) is 0 Å². The Kier molecular flexibility index (Phi) is 6.37. The number of aromatic nitrogens is 3. The molecule has 0 bridgehead atoms. The molecule has 0 radical (unpaired) electrons. The van der Waals surface area contributed by atoms with E-state index < -0.39 is 5.82 Å². The Morgan fingerprint density at radius 2 is 1.61 bits per heavy atom. The third-order valence-electron chi connectivity index (χ3n) is 4.37. The van der Waals surface area contributed by atoms with E-state index in [1.165, 1.54) is 36.0 Å². The first-order valence-electron chi connectivity index (χ1n) is 9.40. The van der Waals surface area contributed by atoms with Crippen LogP contribution in [0.3, 0.4) is 0 Å². The van der Waals surface area contributed by atoms with Crippen LogP contribution in [0.25, 0.3) is 0 Å². The first-order valence-corrected chi connectivity index (χ1v) is 10.6. The molecule has 0 spiro atoms. The number of anilines is 2. The Bertz CT molecular complexity index is 1150. The Morgan fingerprint density at radius 1 is 0.871 bits per heavy atom. The first-order chi connectivity index (χ1) is 15.1. The maximum absolute atomic E-state index is 13.2. The zero-order valence-corrected chi connectivity index (χ0v) is 17.4. The molecule has 31 heavy (non-hydrogen) atoms. The molecular formula is C23H18F2N4OS. The maximum Gasteiger partial charge on any atom is 0.219 e. The van der Waals surface area contributed by atoms with Gasteiger partial charge in [0.1, 0.15) is 17.4 Å². The van der Waals surface area contributed by atoms with Crippen LogP contribution in [0.4, 0.5) is 20.2 Å². The van der Waals surface area contributed by atoms with Crippen LogP contribution in [0.2, 0.25) is 0 Å². The Labute approximate surface area is 182 Å². The molecular weight excluding hydrogens is 418 g/mol. The Balaban J connectivity index is 1.51. The maximum atomic E-state index is 13.2. The normalized spacial score (nSPS) is 10.7. The van der Waals surface area contributed by atoms with E-state index in [2.05, 4.69) is 20.3 Å². The zero-order valence-electron chi connectivity index (χ0n) is 16.5. The van der Waals surface area contributed by atoms with E-state index in [0.29, 0.717) is 23.2 Å². The van der Waals surface area contributed by atoms with Crippen molar-refractivity contribution in [1.29, 1.82) is 0 Å². The van der Waals surface area contributed by atoms with Crippen LogP contribution in [-0.4, -0.2) is 21.2 Å². The van der Waals surface area contributed by atoms with Gasteiger partial charge in [0.05, 0.1) is 23.8 Å². The fraction of sp³-hybridized carbons (Fsp3) is 0.0870. The van der Waals surface area contributed by atoms with Crippen molar-refractivity contribution in [2.75, 3.05) is 11.6 Å². The summed E-state index contributed by atoms with van der Waals surface area (Å²) in [7, 11) is 0. The number of nitrogens with zero attached hydrogens (tertiary/aromatic N) is 3. The smallest absolute Gasteiger partial charge is 0.219 e. The lowest BCUT2D eigenvalue weighted by Crippen LogP contribution is -2.03. The molecule has 0 aliphatic rings. The van der Waals surface area contributed by atoms with Gasteiger partial charge in [-0.1, -0.05) is 23.9 Å². The van der Waals surface area contributed by atoms with E-state index in [0.717, 1.165) is 28.8 Å². The Morgan fingerprint density at radius 3 is 2.29 bits per heavy atom. The summed E-state index contributed by atoms with van der Waals surface area (Å²) in [6.45, 7) is 0. The number of thioether (sulfide) groups is 1. The van der Waals surface area contributed by atoms with Crippen molar-refractivity contribution in [2.24, 2.45) is 0 Å². The van der Waals surface area contributed by atoms with Gasteiger partial charge in [0.15, 0.2) is 5.16 Å². The van der Waals surface area contributed by atoms with Gasteiger partial charge in [-0.2, -0.15) is 0 Å². The topological polar surface area (TPSA) is 59.9 Å². The molecule has 4 aromatic rings. The quantitative estimate of drug-likeness (QED) is 0.283. The van der Waals surface area contributed by atoms with Gasteiger partial charge in [0, 0.05) is 18.2 Å². The molecule has 5 nitrogen and oxygen atoms in total. The van der Waals surface area contributed by atoms with Crippen LogP contribution < -0.4 is 10.1 Å². The van der Waals surface area contributed by atoms with Crippen molar-refractivity contribution in [1.82, 2.24) is 15.0 Å². The molecule has 0 aliphatic carbocycles. The number of nitrogens with one attached hydrogen (secondary N) is 1. The van der Waals surface area contributed by atoms with Crippen molar-refractivity contribution in [3.05, 3.63) is 95.9 Å². The molecule has 2 aromatic heterocycles. The molecule has 0 aliphatic heterocycles. The van der Waals surface area contributed by atoms with Crippen molar-refractivity contribution >= 4 is 23.1 Å². The molecule has 2 heterocycles. The van der Waals surface area contributed by atoms with Gasteiger partial charge in [-0.05, 0) is 54.3 Å². The summed E-state index contributed by atoms with van der Waals surface area (Å²) in [6.07, 6.45) is 5.30. The minimum Gasteiger partial charge on any atom is -0.439 e. The predicted octanol–water partition coefficient (Wildman–Crippen LogP) is 6.00. The monoisotopic (exact) mass is 436 g/mol. The van der Waals surface area contributed by atoms with Crippen LogP contribution in [0.5, 0.6) is 11.6 Å². The predicted molar refractivity (Wildman–Crippen MR) is 117 cm³/mol. The fourth-order valence-electron chi connectivity index (χ4n) is 2.84. The molecule has 156 valence electrons. The third-order valence-corrected chi connectivity index (χ3v) is 4.93. The van der Waals surface area contributed by atoms with Gasteiger partial charge in [-0.25, -0.2) is 23.7 Å². The van der Waals surface area contributed by atoms with Crippen molar-refractivity contribution in [3.8, 4) is 11.6 Å². The number of hydrogen-bond donors (Lipinski definition) is 1. The Hall–Kier alpha value is -3.52. The second-order valence-corrected chi connectivity index (χ2v) is 7.36. The SMILES string of the molecule is CSc1ncc(Nc2ccc(Oc3ccc(F)cn3)cc2)c(Cc2ccc(F)cc2)n1. The average molecular weight is 436 g/mol. The summed E-state index contributed by atoms with van der Waals surface area (Å²) in [5.74, 6) is 0.195. The highest BCUT2D eigenvalue weighted by atomic mass is 32.2. The van der Waals surface area contributed by atoms with E-state index in [1.807, 2.05) is 18.4 Å². The second-order valence-electron chi connectivity index (χ2n) is 6.59. The van der Waals surface area contributed by atoms with Gasteiger partial charge in [0.25, 0.3) is 0 Å². The summed E-state index contributed by atoms with van der Waals surface area (Å²) in [5, 5.41) is 3.99. The number of hydrogen-bond acceptors (Lipinski definition) is 6. The number of benzene rings is 2. The molecule has 8 heteroatoms. The van der Waals surface area contributed by atoms with Crippen LogP contribution in [-0.2, 0) is 6.42 Å². The van der Waals surface area contributed by atoms with Crippen LogP contribution in [0.15, 0.2) is 78.2 Å². The standard InChI is InChI=1S/C23H18F2N4OS/c1-31-23-27-14-21(20(29-23)12-15-2-4-16(24)5-3-15)28-18-7-9-19(10-8-18)30-22-11-6-17(25)13-26-22/h2-11,13-14,28H,12H2,1H3. The molecule has 0 saturated heterocycles. The van der Waals surface area contributed by atoms with E-state index in [9.17, 15) is 8.78 Å². The molecule has 1 N–H and O–H groups in total. The number of pyridine rings is 1. The summed E-state index contributed by atoms with van der Waals surface area (Å²) < 4.78 is 31.8. The largest absolute Gasteiger partial charge is 0.439 e. The minimum absolute atomic E-state index is 0.271. The molecule has 2 aromatic carbocycles. The highest BCUT2D eigenvalue weighted by molar-refractivity contribution is 7.98. The minimum atomic E-state index is -0.418.